The minimum Gasteiger partial charge on any atom is -0.487 e. The number of non-ortho nitro benzene ring substituents is 1. The molecule has 10 heteroatoms. The van der Waals surface area contributed by atoms with Crippen molar-refractivity contribution in [3.63, 3.8) is 0 Å². The lowest BCUT2D eigenvalue weighted by atomic mass is 9.82. The van der Waals surface area contributed by atoms with Crippen LogP contribution in [0.1, 0.15) is 12.5 Å². The molecule has 2 aliphatic heterocycles. The zero-order chi connectivity index (χ0) is 23.6. The maximum Gasteiger partial charge on any atom is 0.330 e. The number of carbonyl (C=O) groups is 2. The van der Waals surface area contributed by atoms with Crippen molar-refractivity contribution in [2.75, 3.05) is 13.2 Å². The Balaban J connectivity index is 1.54. The van der Waals surface area contributed by atoms with Crippen molar-refractivity contribution in [2.45, 2.75) is 24.3 Å². The Morgan fingerprint density at radius 2 is 1.94 bits per heavy atom. The molecule has 9 nitrogen and oxygen atoms in total. The van der Waals surface area contributed by atoms with Gasteiger partial charge in [0.15, 0.2) is 5.54 Å². The minimum absolute atomic E-state index is 0.0295. The van der Waals surface area contributed by atoms with Crippen LogP contribution in [0.5, 0.6) is 5.75 Å². The molecule has 2 aromatic rings. The van der Waals surface area contributed by atoms with E-state index in [4.69, 9.17) is 14.5 Å². The highest BCUT2D eigenvalue weighted by Crippen LogP contribution is 2.49. The summed E-state index contributed by atoms with van der Waals surface area (Å²) in [5.41, 5.74) is -0.393. The molecule has 2 atom stereocenters. The predicted molar refractivity (Wildman–Crippen MR) is 123 cm³/mol. The van der Waals surface area contributed by atoms with E-state index in [0.29, 0.717) is 10.8 Å². The van der Waals surface area contributed by atoms with E-state index in [-0.39, 0.29) is 36.9 Å². The number of para-hydroxylation sites is 1. The average Bonchev–Trinajstić information content (AvgIpc) is 3.11. The second-order valence-electron chi connectivity index (χ2n) is 7.71. The molecule has 1 saturated heterocycles. The minimum atomic E-state index is -1.10. The third-order valence-electron chi connectivity index (χ3n) is 5.21. The topological polar surface area (TPSA) is 111 Å². The number of thioether (sulfide) groups is 1. The fraction of sp³-hybridized carbons (Fsp3) is 0.261. The van der Waals surface area contributed by atoms with Gasteiger partial charge in [-0.15, -0.1) is 0 Å². The Morgan fingerprint density at radius 3 is 2.58 bits per heavy atom. The van der Waals surface area contributed by atoms with Crippen LogP contribution in [0.3, 0.4) is 0 Å². The largest absolute Gasteiger partial charge is 0.487 e. The Hall–Kier alpha value is -3.66. The van der Waals surface area contributed by atoms with Gasteiger partial charge in [-0.05, 0) is 24.6 Å². The number of amides is 1. The summed E-state index contributed by atoms with van der Waals surface area (Å²) >= 11 is 1.37. The lowest BCUT2D eigenvalue weighted by Gasteiger charge is -2.49. The maximum absolute atomic E-state index is 13.2. The first-order valence-electron chi connectivity index (χ1n) is 10.1. The first-order valence-corrected chi connectivity index (χ1v) is 11.0. The summed E-state index contributed by atoms with van der Waals surface area (Å²) in [5.74, 6) is 0.0520. The highest BCUT2D eigenvalue weighted by atomic mass is 32.2. The molecule has 2 unspecified atom stereocenters. The molecule has 2 aromatic carbocycles. The SMILES string of the molecule is C=C(C)OC(=O)CN1C(=O)C2(Cc3ccc([N+](=O)[O-])cc3)N=C(COc3ccccc3)SC12. The Kier molecular flexibility index (Phi) is 6.19. The van der Waals surface area contributed by atoms with E-state index < -0.39 is 21.8 Å². The summed E-state index contributed by atoms with van der Waals surface area (Å²) in [6, 6.07) is 15.3. The number of allylic oxidation sites excluding steroid dienone is 1. The van der Waals surface area contributed by atoms with Gasteiger partial charge >= 0.3 is 5.97 Å². The van der Waals surface area contributed by atoms with Crippen molar-refractivity contribution in [1.82, 2.24) is 4.90 Å². The fourth-order valence-electron chi connectivity index (χ4n) is 3.79. The number of fused-ring (bicyclic) bond motifs is 1. The molecule has 4 rings (SSSR count). The van der Waals surface area contributed by atoms with Gasteiger partial charge in [0.05, 0.1) is 10.7 Å². The van der Waals surface area contributed by atoms with Crippen molar-refractivity contribution >= 4 is 34.4 Å². The van der Waals surface area contributed by atoms with E-state index in [2.05, 4.69) is 6.58 Å². The first kappa shape index (κ1) is 22.5. The van der Waals surface area contributed by atoms with Crippen LogP contribution in [0.15, 0.2) is 71.9 Å². The lowest BCUT2D eigenvalue weighted by molar-refractivity contribution is -0.384. The number of esters is 1. The number of hydrogen-bond acceptors (Lipinski definition) is 8. The number of β-lactam (4-membered cyclic amide) rings is 1. The van der Waals surface area contributed by atoms with Gasteiger partial charge in [-0.3, -0.25) is 19.9 Å². The molecule has 33 heavy (non-hydrogen) atoms. The van der Waals surface area contributed by atoms with Gasteiger partial charge in [-0.1, -0.05) is 48.7 Å². The van der Waals surface area contributed by atoms with Crippen LogP contribution < -0.4 is 4.74 Å². The van der Waals surface area contributed by atoms with Crippen LogP contribution in [0, 0.1) is 10.1 Å². The summed E-state index contributed by atoms with van der Waals surface area (Å²) < 4.78 is 10.8. The number of nitro benzene ring substituents is 1. The zero-order valence-corrected chi connectivity index (χ0v) is 18.6. The summed E-state index contributed by atoms with van der Waals surface area (Å²) in [6.45, 7) is 5.07. The van der Waals surface area contributed by atoms with Crippen molar-refractivity contribution in [3.8, 4) is 5.75 Å². The number of benzene rings is 2. The average molecular weight is 468 g/mol. The quantitative estimate of drug-likeness (QED) is 0.183. The number of likely N-dealkylation sites (tertiary alicyclic amines) is 1. The van der Waals surface area contributed by atoms with Gasteiger partial charge in [0.1, 0.15) is 29.3 Å². The normalized spacial score (nSPS) is 21.0. The van der Waals surface area contributed by atoms with Crippen LogP contribution in [-0.4, -0.2) is 50.8 Å². The molecule has 0 N–H and O–H groups in total. The molecule has 1 fully saturated rings. The number of nitro groups is 1. The van der Waals surface area contributed by atoms with E-state index in [1.165, 1.54) is 28.8 Å². The second-order valence-corrected chi connectivity index (χ2v) is 8.86. The van der Waals surface area contributed by atoms with Gasteiger partial charge < -0.3 is 14.4 Å². The van der Waals surface area contributed by atoms with Gasteiger partial charge in [0, 0.05) is 18.6 Å². The number of rotatable bonds is 9. The summed E-state index contributed by atoms with van der Waals surface area (Å²) in [6.07, 6.45) is 0.252. The van der Waals surface area contributed by atoms with E-state index >= 15 is 0 Å². The van der Waals surface area contributed by atoms with Crippen LogP contribution in [-0.2, 0) is 20.7 Å². The van der Waals surface area contributed by atoms with E-state index in [1.54, 1.807) is 19.1 Å². The van der Waals surface area contributed by atoms with E-state index in [1.807, 2.05) is 30.3 Å². The summed E-state index contributed by atoms with van der Waals surface area (Å²) in [5, 5.41) is 11.2. The fourth-order valence-corrected chi connectivity index (χ4v) is 5.12. The Labute approximate surface area is 194 Å². The van der Waals surface area contributed by atoms with E-state index in [0.717, 1.165) is 5.56 Å². The van der Waals surface area contributed by atoms with E-state index in [9.17, 15) is 19.7 Å². The molecular formula is C23H21N3O6S. The van der Waals surface area contributed by atoms with Gasteiger partial charge in [0.25, 0.3) is 11.6 Å². The predicted octanol–water partition coefficient (Wildman–Crippen LogP) is 3.35. The molecule has 0 saturated carbocycles. The standard InChI is InChI=1S/C23H21N3O6S/c1-15(2)32-20(27)13-25-21(28)23(12-16-8-10-17(11-9-16)26(29)30)22(25)33-19(24-23)14-31-18-6-4-3-5-7-18/h3-11,22H,1,12-14H2,2H3. The monoisotopic (exact) mass is 467 g/mol. The van der Waals surface area contributed by atoms with Crippen molar-refractivity contribution in [1.29, 1.82) is 0 Å². The van der Waals surface area contributed by atoms with Crippen molar-refractivity contribution < 1.29 is 24.0 Å². The van der Waals surface area contributed by atoms with Crippen LogP contribution in [0.2, 0.25) is 0 Å². The van der Waals surface area contributed by atoms with Crippen LogP contribution in [0.25, 0.3) is 0 Å². The molecule has 2 heterocycles. The molecule has 0 spiro atoms. The molecule has 1 amide bonds. The number of aliphatic imine (C=N–C) groups is 1. The highest BCUT2D eigenvalue weighted by Gasteiger charge is 2.65. The number of hydrogen-bond donors (Lipinski definition) is 0. The summed E-state index contributed by atoms with van der Waals surface area (Å²) in [4.78, 5) is 42.0. The van der Waals surface area contributed by atoms with Gasteiger partial charge in [-0.25, -0.2) is 4.79 Å². The molecule has 0 radical (unpaired) electrons. The lowest BCUT2D eigenvalue weighted by Crippen LogP contribution is -2.71. The number of nitrogens with zero attached hydrogens (tertiary/aromatic N) is 3. The molecule has 0 aromatic heterocycles. The van der Waals surface area contributed by atoms with Crippen molar-refractivity contribution in [2.24, 2.45) is 4.99 Å². The number of ether oxygens (including phenoxy) is 2. The van der Waals surface area contributed by atoms with Crippen molar-refractivity contribution in [3.05, 3.63) is 82.6 Å². The second kappa shape index (κ2) is 9.07. The Morgan fingerprint density at radius 1 is 1.24 bits per heavy atom. The first-order chi connectivity index (χ1) is 15.8. The molecular weight excluding hydrogens is 446 g/mol. The molecule has 0 bridgehead atoms. The molecule has 0 aliphatic carbocycles. The third kappa shape index (κ3) is 4.61. The number of carbonyl (C=O) groups excluding carboxylic acids is 2. The maximum atomic E-state index is 13.2. The highest BCUT2D eigenvalue weighted by molar-refractivity contribution is 8.15. The van der Waals surface area contributed by atoms with Gasteiger partial charge in [0.2, 0.25) is 0 Å². The van der Waals surface area contributed by atoms with Crippen LogP contribution >= 0.6 is 11.8 Å². The smallest absolute Gasteiger partial charge is 0.330 e. The third-order valence-corrected chi connectivity index (χ3v) is 6.56. The van der Waals surface area contributed by atoms with Gasteiger partial charge in [-0.2, -0.15) is 0 Å². The molecule has 170 valence electrons. The Bertz CT molecular complexity index is 1130. The zero-order valence-electron chi connectivity index (χ0n) is 17.8. The van der Waals surface area contributed by atoms with Crippen LogP contribution in [0.4, 0.5) is 5.69 Å². The summed E-state index contributed by atoms with van der Waals surface area (Å²) in [7, 11) is 0. The molecule has 2 aliphatic rings.